The summed E-state index contributed by atoms with van der Waals surface area (Å²) in [5.74, 6) is 2.43. The van der Waals surface area contributed by atoms with Crippen LogP contribution in [0.5, 0.6) is 0 Å². The lowest BCUT2D eigenvalue weighted by molar-refractivity contribution is 0.245. The standard InChI is InChI=1S/C15H32O/c1-5-7-13(2)8-6-9-14(3)12-15(4)10-11-16/h13-16H,5-12H2,1-4H3/t13-,14-,15+/m1/s1. The van der Waals surface area contributed by atoms with Gasteiger partial charge in [-0.25, -0.2) is 0 Å². The van der Waals surface area contributed by atoms with Crippen LogP contribution in [-0.2, 0) is 0 Å². The predicted molar refractivity (Wildman–Crippen MR) is 72.6 cm³/mol. The molecule has 1 N–H and O–H groups in total. The Labute approximate surface area is 103 Å². The summed E-state index contributed by atoms with van der Waals surface area (Å²) in [5.41, 5.74) is 0. The zero-order chi connectivity index (χ0) is 12.4. The molecular weight excluding hydrogens is 196 g/mol. The van der Waals surface area contributed by atoms with E-state index in [4.69, 9.17) is 5.11 Å². The highest BCUT2D eigenvalue weighted by Crippen LogP contribution is 2.22. The molecule has 0 aliphatic rings. The second-order valence-electron chi connectivity index (χ2n) is 5.78. The first-order chi connectivity index (χ1) is 7.60. The molecule has 0 rings (SSSR count). The molecule has 0 aromatic rings. The molecule has 3 atom stereocenters. The van der Waals surface area contributed by atoms with Crippen molar-refractivity contribution in [2.24, 2.45) is 17.8 Å². The first kappa shape index (κ1) is 16.0. The zero-order valence-corrected chi connectivity index (χ0v) is 11.8. The van der Waals surface area contributed by atoms with Gasteiger partial charge >= 0.3 is 0 Å². The molecular formula is C15H32O. The molecule has 0 saturated carbocycles. The molecule has 1 nitrogen and oxygen atoms in total. The summed E-state index contributed by atoms with van der Waals surface area (Å²) >= 11 is 0. The zero-order valence-electron chi connectivity index (χ0n) is 11.8. The average molecular weight is 228 g/mol. The molecule has 0 aromatic carbocycles. The van der Waals surface area contributed by atoms with E-state index in [1.165, 1.54) is 38.5 Å². The first-order valence-corrected chi connectivity index (χ1v) is 7.20. The minimum atomic E-state index is 0.349. The minimum absolute atomic E-state index is 0.349. The van der Waals surface area contributed by atoms with Crippen LogP contribution >= 0.6 is 0 Å². The molecule has 0 spiro atoms. The molecule has 0 radical (unpaired) electrons. The SMILES string of the molecule is CCC[C@@H](C)CCC[C@@H](C)C[C@@H](C)CCO. The van der Waals surface area contributed by atoms with Crippen molar-refractivity contribution in [3.8, 4) is 0 Å². The third-order valence-corrected chi connectivity index (χ3v) is 3.60. The minimum Gasteiger partial charge on any atom is -0.396 e. The van der Waals surface area contributed by atoms with Crippen LogP contribution in [0.3, 0.4) is 0 Å². The van der Waals surface area contributed by atoms with E-state index in [-0.39, 0.29) is 0 Å². The molecule has 0 heterocycles. The fourth-order valence-electron chi connectivity index (χ4n) is 2.59. The van der Waals surface area contributed by atoms with Crippen molar-refractivity contribution in [2.45, 2.75) is 72.6 Å². The maximum atomic E-state index is 8.86. The van der Waals surface area contributed by atoms with E-state index >= 15 is 0 Å². The molecule has 0 bridgehead atoms. The molecule has 0 aliphatic carbocycles. The second-order valence-corrected chi connectivity index (χ2v) is 5.78. The Hall–Kier alpha value is -0.0400. The highest BCUT2D eigenvalue weighted by atomic mass is 16.3. The van der Waals surface area contributed by atoms with Crippen molar-refractivity contribution in [2.75, 3.05) is 6.61 Å². The van der Waals surface area contributed by atoms with Gasteiger partial charge in [-0.15, -0.1) is 0 Å². The third-order valence-electron chi connectivity index (χ3n) is 3.60. The summed E-state index contributed by atoms with van der Waals surface area (Å²) in [4.78, 5) is 0. The summed E-state index contributed by atoms with van der Waals surface area (Å²) in [5, 5.41) is 8.86. The molecule has 0 unspecified atom stereocenters. The van der Waals surface area contributed by atoms with Gasteiger partial charge < -0.3 is 5.11 Å². The maximum absolute atomic E-state index is 8.86. The second kappa shape index (κ2) is 10.1. The van der Waals surface area contributed by atoms with Gasteiger partial charge in [-0.3, -0.25) is 0 Å². The van der Waals surface area contributed by atoms with Crippen LogP contribution in [0.4, 0.5) is 0 Å². The van der Waals surface area contributed by atoms with Gasteiger partial charge in [0.2, 0.25) is 0 Å². The highest BCUT2D eigenvalue weighted by Gasteiger charge is 2.09. The fraction of sp³-hybridized carbons (Fsp3) is 1.00. The van der Waals surface area contributed by atoms with E-state index in [2.05, 4.69) is 27.7 Å². The van der Waals surface area contributed by atoms with Crippen molar-refractivity contribution < 1.29 is 5.11 Å². The number of rotatable bonds is 10. The number of hydrogen-bond acceptors (Lipinski definition) is 1. The van der Waals surface area contributed by atoms with E-state index < -0.39 is 0 Å². The Balaban J connectivity index is 3.46. The molecule has 0 aliphatic heterocycles. The van der Waals surface area contributed by atoms with Gasteiger partial charge in [0, 0.05) is 6.61 Å². The van der Waals surface area contributed by atoms with Crippen molar-refractivity contribution in [1.82, 2.24) is 0 Å². The Morgan fingerprint density at radius 1 is 0.812 bits per heavy atom. The average Bonchev–Trinajstić information content (AvgIpc) is 2.18. The monoisotopic (exact) mass is 228 g/mol. The summed E-state index contributed by atoms with van der Waals surface area (Å²) in [7, 11) is 0. The Kier molecular flexibility index (Phi) is 10.1. The van der Waals surface area contributed by atoms with Gasteiger partial charge in [0.05, 0.1) is 0 Å². The first-order valence-electron chi connectivity index (χ1n) is 7.20. The molecule has 98 valence electrons. The van der Waals surface area contributed by atoms with Gasteiger partial charge in [0.1, 0.15) is 0 Å². The lowest BCUT2D eigenvalue weighted by atomic mass is 9.89. The van der Waals surface area contributed by atoms with Gasteiger partial charge in [0.15, 0.2) is 0 Å². The summed E-state index contributed by atoms with van der Waals surface area (Å²) in [6.07, 6.45) is 9.10. The topological polar surface area (TPSA) is 20.2 Å². The summed E-state index contributed by atoms with van der Waals surface area (Å²) < 4.78 is 0. The summed E-state index contributed by atoms with van der Waals surface area (Å²) in [6.45, 7) is 9.62. The quantitative estimate of drug-likeness (QED) is 0.577. The maximum Gasteiger partial charge on any atom is 0.0433 e. The van der Waals surface area contributed by atoms with Crippen molar-refractivity contribution >= 4 is 0 Å². The lowest BCUT2D eigenvalue weighted by Gasteiger charge is -2.17. The Bertz CT molecular complexity index is 144. The molecule has 0 aromatic heterocycles. The summed E-state index contributed by atoms with van der Waals surface area (Å²) in [6, 6.07) is 0. The normalized spacial score (nSPS) is 17.1. The van der Waals surface area contributed by atoms with Gasteiger partial charge in [-0.05, 0) is 30.6 Å². The van der Waals surface area contributed by atoms with Crippen LogP contribution in [-0.4, -0.2) is 11.7 Å². The van der Waals surface area contributed by atoms with Crippen molar-refractivity contribution in [3.63, 3.8) is 0 Å². The van der Waals surface area contributed by atoms with Crippen molar-refractivity contribution in [3.05, 3.63) is 0 Å². The lowest BCUT2D eigenvalue weighted by Crippen LogP contribution is -2.06. The number of aliphatic hydroxyl groups is 1. The number of aliphatic hydroxyl groups excluding tert-OH is 1. The van der Waals surface area contributed by atoms with Gasteiger partial charge in [-0.1, -0.05) is 59.8 Å². The molecule has 16 heavy (non-hydrogen) atoms. The van der Waals surface area contributed by atoms with Crippen LogP contribution in [0, 0.1) is 17.8 Å². The van der Waals surface area contributed by atoms with E-state index in [0.29, 0.717) is 12.5 Å². The van der Waals surface area contributed by atoms with Crippen LogP contribution < -0.4 is 0 Å². The Morgan fingerprint density at radius 2 is 1.38 bits per heavy atom. The van der Waals surface area contributed by atoms with Crippen LogP contribution in [0.2, 0.25) is 0 Å². The molecule has 0 fully saturated rings. The van der Waals surface area contributed by atoms with Crippen LogP contribution in [0.15, 0.2) is 0 Å². The predicted octanol–water partition coefficient (Wildman–Crippen LogP) is 4.64. The number of hydrogen-bond donors (Lipinski definition) is 1. The highest BCUT2D eigenvalue weighted by molar-refractivity contribution is 4.61. The largest absolute Gasteiger partial charge is 0.396 e. The van der Waals surface area contributed by atoms with E-state index in [1.807, 2.05) is 0 Å². The van der Waals surface area contributed by atoms with Crippen LogP contribution in [0.1, 0.15) is 72.6 Å². The fourth-order valence-corrected chi connectivity index (χ4v) is 2.59. The third kappa shape index (κ3) is 9.21. The Morgan fingerprint density at radius 3 is 1.94 bits per heavy atom. The molecule has 0 amide bonds. The van der Waals surface area contributed by atoms with Gasteiger partial charge in [0.25, 0.3) is 0 Å². The molecule has 1 heteroatoms. The van der Waals surface area contributed by atoms with Crippen molar-refractivity contribution in [1.29, 1.82) is 0 Å². The van der Waals surface area contributed by atoms with Crippen LogP contribution in [0.25, 0.3) is 0 Å². The van der Waals surface area contributed by atoms with E-state index in [0.717, 1.165) is 18.3 Å². The van der Waals surface area contributed by atoms with Gasteiger partial charge in [-0.2, -0.15) is 0 Å². The van der Waals surface area contributed by atoms with E-state index in [1.54, 1.807) is 0 Å². The smallest absolute Gasteiger partial charge is 0.0433 e. The molecule has 0 saturated heterocycles. The van der Waals surface area contributed by atoms with E-state index in [9.17, 15) is 0 Å².